The summed E-state index contributed by atoms with van der Waals surface area (Å²) in [7, 11) is 3.28. The monoisotopic (exact) mass is 414 g/mol. The van der Waals surface area contributed by atoms with Crippen molar-refractivity contribution in [2.24, 2.45) is 0 Å². The largest absolute Gasteiger partial charge is 0.497 e. The normalized spacial score (nSPS) is 10.5. The Morgan fingerprint density at radius 3 is 2.43 bits per heavy atom. The lowest BCUT2D eigenvalue weighted by molar-refractivity contribution is -0.115. The van der Waals surface area contributed by atoms with E-state index >= 15 is 0 Å². The predicted octanol–water partition coefficient (Wildman–Crippen LogP) is 4.94. The molecule has 5 nitrogen and oxygen atoms in total. The van der Waals surface area contributed by atoms with Crippen LogP contribution >= 0.6 is 23.1 Å². The van der Waals surface area contributed by atoms with Gasteiger partial charge in [-0.3, -0.25) is 4.79 Å². The Morgan fingerprint density at radius 1 is 1.11 bits per heavy atom. The number of nitrogens with one attached hydrogen (secondary N) is 1. The Labute approximate surface area is 173 Å². The van der Waals surface area contributed by atoms with Gasteiger partial charge >= 0.3 is 0 Å². The van der Waals surface area contributed by atoms with Crippen molar-refractivity contribution >= 4 is 34.7 Å². The minimum Gasteiger partial charge on any atom is -0.497 e. The van der Waals surface area contributed by atoms with Crippen LogP contribution in [0.2, 0.25) is 0 Å². The maximum absolute atomic E-state index is 12.2. The zero-order valence-corrected chi connectivity index (χ0v) is 17.7. The van der Waals surface area contributed by atoms with Crippen LogP contribution in [-0.2, 0) is 17.0 Å². The van der Waals surface area contributed by atoms with Gasteiger partial charge in [-0.1, -0.05) is 29.5 Å². The second-order valence-corrected chi connectivity index (χ2v) is 8.29. The first-order chi connectivity index (χ1) is 13.6. The van der Waals surface area contributed by atoms with Crippen LogP contribution in [0.25, 0.3) is 0 Å². The molecule has 146 valence electrons. The number of nitrogens with zero attached hydrogens (tertiary/aromatic N) is 1. The summed E-state index contributed by atoms with van der Waals surface area (Å²) in [5.74, 6) is 2.21. The fourth-order valence-electron chi connectivity index (χ4n) is 2.54. The SMILES string of the molecule is COc1cc(CSc2nc(CC(=O)Nc3ccc(C)cc3)cs2)cc(OC)c1. The van der Waals surface area contributed by atoms with Crippen molar-refractivity contribution in [2.75, 3.05) is 19.5 Å². The predicted molar refractivity (Wildman–Crippen MR) is 115 cm³/mol. The lowest BCUT2D eigenvalue weighted by Crippen LogP contribution is -2.14. The number of rotatable bonds is 8. The molecule has 0 atom stereocenters. The summed E-state index contributed by atoms with van der Waals surface area (Å²) in [5.41, 5.74) is 3.83. The second kappa shape index (κ2) is 9.61. The standard InChI is InChI=1S/C21H22N2O3S2/c1-14-4-6-16(7-5-14)22-20(24)10-17-13-28-21(23-17)27-12-15-8-18(25-2)11-19(9-15)26-3/h4-9,11,13H,10,12H2,1-3H3,(H,22,24). The van der Waals surface area contributed by atoms with Gasteiger partial charge in [-0.25, -0.2) is 4.98 Å². The van der Waals surface area contributed by atoms with Crippen molar-refractivity contribution in [2.45, 2.75) is 23.4 Å². The third kappa shape index (κ3) is 5.74. The fraction of sp³-hybridized carbons (Fsp3) is 0.238. The minimum atomic E-state index is -0.0664. The number of carbonyl (C=O) groups is 1. The molecular weight excluding hydrogens is 392 g/mol. The number of thiazole rings is 1. The summed E-state index contributed by atoms with van der Waals surface area (Å²) >= 11 is 3.18. The molecule has 1 N–H and O–H groups in total. The first-order valence-electron chi connectivity index (χ1n) is 8.71. The van der Waals surface area contributed by atoms with Gasteiger partial charge in [0, 0.05) is 22.9 Å². The van der Waals surface area contributed by atoms with Crippen molar-refractivity contribution in [1.82, 2.24) is 4.98 Å². The number of aryl methyl sites for hydroxylation is 1. The average Bonchev–Trinajstić information content (AvgIpc) is 3.15. The summed E-state index contributed by atoms with van der Waals surface area (Å²) in [6, 6.07) is 13.6. The van der Waals surface area contributed by atoms with Gasteiger partial charge in [-0.2, -0.15) is 0 Å². The molecule has 0 bridgehead atoms. The highest BCUT2D eigenvalue weighted by Crippen LogP contribution is 2.30. The van der Waals surface area contributed by atoms with Crippen LogP contribution in [0.15, 0.2) is 52.2 Å². The first kappa shape index (κ1) is 20.2. The third-order valence-electron chi connectivity index (χ3n) is 3.98. The van der Waals surface area contributed by atoms with Gasteiger partial charge in [-0.15, -0.1) is 11.3 Å². The number of anilines is 1. The molecule has 0 saturated carbocycles. The van der Waals surface area contributed by atoms with Crippen LogP contribution in [0.3, 0.4) is 0 Å². The number of methoxy groups -OCH3 is 2. The van der Waals surface area contributed by atoms with Gasteiger partial charge in [0.15, 0.2) is 0 Å². The highest BCUT2D eigenvalue weighted by atomic mass is 32.2. The number of carbonyl (C=O) groups excluding carboxylic acids is 1. The number of hydrogen-bond donors (Lipinski definition) is 1. The van der Waals surface area contributed by atoms with Crippen LogP contribution in [0, 0.1) is 6.92 Å². The van der Waals surface area contributed by atoms with Crippen molar-refractivity contribution in [3.63, 3.8) is 0 Å². The van der Waals surface area contributed by atoms with Crippen molar-refractivity contribution in [3.8, 4) is 11.5 Å². The molecule has 0 aliphatic heterocycles. The molecule has 7 heteroatoms. The molecule has 3 aromatic rings. The van der Waals surface area contributed by atoms with Crippen molar-refractivity contribution in [3.05, 3.63) is 64.7 Å². The highest BCUT2D eigenvalue weighted by Gasteiger charge is 2.10. The van der Waals surface area contributed by atoms with E-state index in [0.29, 0.717) is 0 Å². The van der Waals surface area contributed by atoms with E-state index in [9.17, 15) is 4.79 Å². The maximum atomic E-state index is 12.2. The Hall–Kier alpha value is -2.51. The van der Waals surface area contributed by atoms with E-state index in [1.54, 1.807) is 37.3 Å². The van der Waals surface area contributed by atoms with E-state index in [4.69, 9.17) is 9.47 Å². The Kier molecular flexibility index (Phi) is 6.95. The van der Waals surface area contributed by atoms with E-state index in [1.807, 2.05) is 54.8 Å². The maximum Gasteiger partial charge on any atom is 0.230 e. The van der Waals surface area contributed by atoms with Gasteiger partial charge in [0.05, 0.1) is 26.3 Å². The van der Waals surface area contributed by atoms with Crippen LogP contribution < -0.4 is 14.8 Å². The van der Waals surface area contributed by atoms with Crippen LogP contribution in [-0.4, -0.2) is 25.1 Å². The molecule has 0 aliphatic carbocycles. The molecule has 1 amide bonds. The summed E-state index contributed by atoms with van der Waals surface area (Å²) < 4.78 is 11.5. The van der Waals surface area contributed by atoms with Gasteiger partial charge < -0.3 is 14.8 Å². The number of hydrogen-bond acceptors (Lipinski definition) is 6. The lowest BCUT2D eigenvalue weighted by Gasteiger charge is -2.07. The van der Waals surface area contributed by atoms with Crippen LogP contribution in [0.5, 0.6) is 11.5 Å². The molecule has 0 unspecified atom stereocenters. The van der Waals surface area contributed by atoms with Crippen LogP contribution in [0.4, 0.5) is 5.69 Å². The Balaban J connectivity index is 1.55. The summed E-state index contributed by atoms with van der Waals surface area (Å²) in [5, 5.41) is 4.83. The number of ether oxygens (including phenoxy) is 2. The Bertz CT molecular complexity index is 917. The number of amides is 1. The molecule has 3 rings (SSSR count). The zero-order chi connectivity index (χ0) is 19.9. The highest BCUT2D eigenvalue weighted by molar-refractivity contribution is 8.00. The second-order valence-electron chi connectivity index (χ2n) is 6.21. The third-order valence-corrected chi connectivity index (χ3v) is 6.12. The Morgan fingerprint density at radius 2 is 1.79 bits per heavy atom. The smallest absolute Gasteiger partial charge is 0.230 e. The molecular formula is C21H22N2O3S2. The van der Waals surface area contributed by atoms with Gasteiger partial charge in [0.2, 0.25) is 5.91 Å². The molecule has 2 aromatic carbocycles. The van der Waals surface area contributed by atoms with E-state index in [0.717, 1.165) is 44.1 Å². The molecule has 1 aromatic heterocycles. The quantitative estimate of drug-likeness (QED) is 0.529. The van der Waals surface area contributed by atoms with E-state index < -0.39 is 0 Å². The first-order valence-corrected chi connectivity index (χ1v) is 10.6. The lowest BCUT2D eigenvalue weighted by atomic mass is 10.2. The van der Waals surface area contributed by atoms with E-state index in [1.165, 1.54) is 0 Å². The average molecular weight is 415 g/mol. The van der Waals surface area contributed by atoms with Gasteiger partial charge in [0.1, 0.15) is 15.8 Å². The fourth-order valence-corrected chi connectivity index (χ4v) is 4.31. The molecule has 0 aliphatic rings. The van der Waals surface area contributed by atoms with Crippen LogP contribution in [0.1, 0.15) is 16.8 Å². The summed E-state index contributed by atoms with van der Waals surface area (Å²) in [6.45, 7) is 2.02. The number of aromatic nitrogens is 1. The minimum absolute atomic E-state index is 0.0664. The molecule has 0 fully saturated rings. The molecule has 0 radical (unpaired) electrons. The van der Waals surface area contributed by atoms with Crippen molar-refractivity contribution in [1.29, 1.82) is 0 Å². The molecule has 0 saturated heterocycles. The van der Waals surface area contributed by atoms with Gasteiger partial charge in [-0.05, 0) is 36.8 Å². The zero-order valence-electron chi connectivity index (χ0n) is 16.0. The van der Waals surface area contributed by atoms with Crippen molar-refractivity contribution < 1.29 is 14.3 Å². The molecule has 28 heavy (non-hydrogen) atoms. The molecule has 0 spiro atoms. The number of thioether (sulfide) groups is 1. The number of benzene rings is 2. The van der Waals surface area contributed by atoms with E-state index in [-0.39, 0.29) is 12.3 Å². The van der Waals surface area contributed by atoms with E-state index in [2.05, 4.69) is 10.3 Å². The molecule has 1 heterocycles. The summed E-state index contributed by atoms with van der Waals surface area (Å²) in [4.78, 5) is 16.8. The summed E-state index contributed by atoms with van der Waals surface area (Å²) in [6.07, 6.45) is 0.262. The van der Waals surface area contributed by atoms with Gasteiger partial charge in [0.25, 0.3) is 0 Å². The topological polar surface area (TPSA) is 60.5 Å².